The molecule has 1 aromatic rings. The molecule has 2 rings (SSSR count). The van der Waals surface area contributed by atoms with Gasteiger partial charge in [-0.3, -0.25) is 9.69 Å². The highest BCUT2D eigenvalue weighted by Gasteiger charge is 2.36. The van der Waals surface area contributed by atoms with Gasteiger partial charge in [0.2, 0.25) is 0 Å². The van der Waals surface area contributed by atoms with Gasteiger partial charge in [-0.2, -0.15) is 0 Å². The fourth-order valence-electron chi connectivity index (χ4n) is 2.64. The summed E-state index contributed by atoms with van der Waals surface area (Å²) in [6.07, 6.45) is 1.20. The normalized spacial score (nSPS) is 17.1. The van der Waals surface area contributed by atoms with Crippen molar-refractivity contribution >= 4 is 17.7 Å². The van der Waals surface area contributed by atoms with Gasteiger partial charge in [-0.15, -0.1) is 0 Å². The van der Waals surface area contributed by atoms with E-state index in [9.17, 15) is 9.59 Å². The molecular formula is C17H23NO4. The van der Waals surface area contributed by atoms with Gasteiger partial charge in [-0.1, -0.05) is 18.2 Å². The predicted molar refractivity (Wildman–Crippen MR) is 83.9 cm³/mol. The third kappa shape index (κ3) is 3.78. The van der Waals surface area contributed by atoms with Crippen LogP contribution in [0.5, 0.6) is 0 Å². The first-order valence-corrected chi connectivity index (χ1v) is 7.49. The van der Waals surface area contributed by atoms with Crippen LogP contribution in [0.2, 0.25) is 0 Å². The molecule has 0 unspecified atom stereocenters. The minimum absolute atomic E-state index is 0.0775. The summed E-state index contributed by atoms with van der Waals surface area (Å²) in [5.74, 6) is -0.264. The molecule has 0 radical (unpaired) electrons. The van der Waals surface area contributed by atoms with E-state index in [1.54, 1.807) is 4.90 Å². The van der Waals surface area contributed by atoms with Crippen molar-refractivity contribution in [3.8, 4) is 0 Å². The number of benzene rings is 1. The van der Waals surface area contributed by atoms with Crippen LogP contribution in [-0.4, -0.2) is 30.8 Å². The number of carbonyl (C=O) groups is 2. The van der Waals surface area contributed by atoms with Gasteiger partial charge in [0.05, 0.1) is 12.8 Å². The first-order valence-electron chi connectivity index (χ1n) is 7.49. The minimum Gasteiger partial charge on any atom is -0.469 e. The highest BCUT2D eigenvalue weighted by atomic mass is 16.6. The average molecular weight is 305 g/mol. The molecule has 5 heteroatoms. The van der Waals surface area contributed by atoms with E-state index >= 15 is 0 Å². The average Bonchev–Trinajstić information content (AvgIpc) is 2.81. The highest BCUT2D eigenvalue weighted by molar-refractivity contribution is 5.91. The highest BCUT2D eigenvalue weighted by Crippen LogP contribution is 2.35. The summed E-state index contributed by atoms with van der Waals surface area (Å²) in [7, 11) is 1.37. The number of esters is 1. The number of hydrogen-bond acceptors (Lipinski definition) is 4. The first kappa shape index (κ1) is 16.3. The van der Waals surface area contributed by atoms with Crippen LogP contribution in [0.4, 0.5) is 10.5 Å². The number of amides is 1. The maximum atomic E-state index is 12.5. The van der Waals surface area contributed by atoms with Gasteiger partial charge in [0.1, 0.15) is 5.60 Å². The number of anilines is 1. The molecule has 22 heavy (non-hydrogen) atoms. The van der Waals surface area contributed by atoms with Crippen LogP contribution in [0, 0.1) is 0 Å². The number of hydrogen-bond donors (Lipinski definition) is 0. The van der Waals surface area contributed by atoms with Crippen molar-refractivity contribution in [2.45, 2.75) is 51.7 Å². The Morgan fingerprint density at radius 2 is 1.95 bits per heavy atom. The summed E-state index contributed by atoms with van der Waals surface area (Å²) in [4.78, 5) is 25.6. The molecule has 0 saturated carbocycles. The van der Waals surface area contributed by atoms with Crippen molar-refractivity contribution in [2.75, 3.05) is 12.0 Å². The zero-order chi connectivity index (χ0) is 16.3. The van der Waals surface area contributed by atoms with E-state index in [1.807, 2.05) is 45.0 Å². The number of fused-ring (bicyclic) bond motifs is 1. The second-order valence-corrected chi connectivity index (χ2v) is 6.45. The summed E-state index contributed by atoms with van der Waals surface area (Å²) < 4.78 is 10.2. The van der Waals surface area contributed by atoms with Crippen LogP contribution in [0.3, 0.4) is 0 Å². The van der Waals surface area contributed by atoms with Crippen LogP contribution in [0.1, 0.15) is 39.2 Å². The molecular weight excluding hydrogens is 282 g/mol. The number of ether oxygens (including phenoxy) is 2. The molecule has 1 atom stereocenters. The molecule has 0 N–H and O–H groups in total. The molecule has 5 nitrogen and oxygen atoms in total. The Hall–Kier alpha value is -2.04. The van der Waals surface area contributed by atoms with E-state index in [4.69, 9.17) is 4.74 Å². The fraction of sp³-hybridized carbons (Fsp3) is 0.529. The Balaban J connectivity index is 2.19. The second-order valence-electron chi connectivity index (χ2n) is 6.45. The summed E-state index contributed by atoms with van der Waals surface area (Å²) in [6, 6.07) is 7.70. The number of nitrogens with zero attached hydrogens (tertiary/aromatic N) is 1. The van der Waals surface area contributed by atoms with Crippen molar-refractivity contribution in [3.05, 3.63) is 29.8 Å². The second kappa shape index (κ2) is 6.38. The SMILES string of the molecule is COC(=O)CC[C@@H]1Cc2ccccc2N1C(=O)OC(C)(C)C. The summed E-state index contributed by atoms with van der Waals surface area (Å²) >= 11 is 0. The Morgan fingerprint density at radius 1 is 1.27 bits per heavy atom. The van der Waals surface area contributed by atoms with Crippen LogP contribution >= 0.6 is 0 Å². The molecule has 1 aliphatic rings. The largest absolute Gasteiger partial charge is 0.469 e. The van der Waals surface area contributed by atoms with E-state index in [-0.39, 0.29) is 24.5 Å². The zero-order valence-corrected chi connectivity index (χ0v) is 13.6. The van der Waals surface area contributed by atoms with E-state index < -0.39 is 5.60 Å². The van der Waals surface area contributed by atoms with Crippen LogP contribution < -0.4 is 4.90 Å². The lowest BCUT2D eigenvalue weighted by atomic mass is 10.1. The predicted octanol–water partition coefficient (Wildman–Crippen LogP) is 3.31. The zero-order valence-electron chi connectivity index (χ0n) is 13.6. The molecule has 1 heterocycles. The van der Waals surface area contributed by atoms with Gasteiger partial charge in [0.15, 0.2) is 0 Å². The van der Waals surface area contributed by atoms with Crippen molar-refractivity contribution in [1.82, 2.24) is 0 Å². The molecule has 1 aromatic carbocycles. The number of rotatable bonds is 3. The molecule has 0 fully saturated rings. The van der Waals surface area contributed by atoms with E-state index in [1.165, 1.54) is 7.11 Å². The first-order chi connectivity index (χ1) is 10.3. The summed E-state index contributed by atoms with van der Waals surface area (Å²) in [6.45, 7) is 5.53. The molecule has 120 valence electrons. The molecule has 0 saturated heterocycles. The van der Waals surface area contributed by atoms with Gasteiger partial charge >= 0.3 is 12.1 Å². The molecule has 0 aliphatic carbocycles. The van der Waals surface area contributed by atoms with E-state index in [0.717, 1.165) is 17.7 Å². The number of carbonyl (C=O) groups excluding carboxylic acids is 2. The van der Waals surface area contributed by atoms with Crippen LogP contribution in [0.25, 0.3) is 0 Å². The van der Waals surface area contributed by atoms with E-state index in [2.05, 4.69) is 4.74 Å². The summed E-state index contributed by atoms with van der Waals surface area (Å²) in [5.41, 5.74) is 1.41. The molecule has 0 aromatic heterocycles. The van der Waals surface area contributed by atoms with Crippen molar-refractivity contribution < 1.29 is 19.1 Å². The topological polar surface area (TPSA) is 55.8 Å². The smallest absolute Gasteiger partial charge is 0.415 e. The van der Waals surface area contributed by atoms with Crippen molar-refractivity contribution in [3.63, 3.8) is 0 Å². The van der Waals surface area contributed by atoms with Crippen molar-refractivity contribution in [2.24, 2.45) is 0 Å². The molecule has 0 spiro atoms. The lowest BCUT2D eigenvalue weighted by molar-refractivity contribution is -0.140. The van der Waals surface area contributed by atoms with Gasteiger partial charge in [-0.25, -0.2) is 4.79 Å². The fourth-order valence-corrected chi connectivity index (χ4v) is 2.64. The minimum atomic E-state index is -0.554. The maximum absolute atomic E-state index is 12.5. The van der Waals surface area contributed by atoms with Gasteiger partial charge in [-0.05, 0) is 45.2 Å². The Labute approximate surface area is 131 Å². The lowest BCUT2D eigenvalue weighted by Crippen LogP contribution is -2.41. The van der Waals surface area contributed by atoms with Gasteiger partial charge < -0.3 is 9.47 Å². The lowest BCUT2D eigenvalue weighted by Gasteiger charge is -2.29. The van der Waals surface area contributed by atoms with Crippen LogP contribution in [-0.2, 0) is 20.7 Å². The summed E-state index contributed by atoms with van der Waals surface area (Å²) in [5, 5.41) is 0. The molecule has 1 amide bonds. The Bertz CT molecular complexity index is 562. The number of para-hydroxylation sites is 1. The number of methoxy groups -OCH3 is 1. The standard InChI is InChI=1S/C17H23NO4/c1-17(2,3)22-16(20)18-13(9-10-15(19)21-4)11-12-7-5-6-8-14(12)18/h5-8,13H,9-11H2,1-4H3/t13-/m1/s1. The Morgan fingerprint density at radius 3 is 2.59 bits per heavy atom. The van der Waals surface area contributed by atoms with Crippen LogP contribution in [0.15, 0.2) is 24.3 Å². The van der Waals surface area contributed by atoms with Gasteiger partial charge in [0.25, 0.3) is 0 Å². The third-order valence-corrected chi connectivity index (χ3v) is 3.57. The Kier molecular flexibility index (Phi) is 4.74. The van der Waals surface area contributed by atoms with Crippen molar-refractivity contribution in [1.29, 1.82) is 0 Å². The molecule has 0 bridgehead atoms. The maximum Gasteiger partial charge on any atom is 0.415 e. The molecule has 1 aliphatic heterocycles. The third-order valence-electron chi connectivity index (χ3n) is 3.57. The quantitative estimate of drug-likeness (QED) is 0.804. The van der Waals surface area contributed by atoms with E-state index in [0.29, 0.717) is 6.42 Å². The van der Waals surface area contributed by atoms with Gasteiger partial charge in [0, 0.05) is 12.5 Å². The monoisotopic (exact) mass is 305 g/mol.